The summed E-state index contributed by atoms with van der Waals surface area (Å²) in [5, 5.41) is 10.6. The standard InChI is InChI=1S/C24H24N4O2S/c1-4-28-23(26-27-24(28)31-15-22(29)30-16(2)3)19-14-21(17-10-6-5-7-11-17)25-20-13-9-8-12-18(19)20/h5-14,16H,4,15H2,1-3H3. The fourth-order valence-electron chi connectivity index (χ4n) is 3.42. The second kappa shape index (κ2) is 9.31. The van der Waals surface area contributed by atoms with Gasteiger partial charge in [0.25, 0.3) is 0 Å². The average molecular weight is 433 g/mol. The Hall–Kier alpha value is -3.19. The summed E-state index contributed by atoms with van der Waals surface area (Å²) in [5.41, 5.74) is 3.80. The quantitative estimate of drug-likeness (QED) is 0.294. The largest absolute Gasteiger partial charge is 0.462 e. The molecule has 158 valence electrons. The molecule has 0 aliphatic heterocycles. The van der Waals surface area contributed by atoms with E-state index in [0.717, 1.165) is 33.5 Å². The van der Waals surface area contributed by atoms with E-state index in [2.05, 4.69) is 16.3 Å². The summed E-state index contributed by atoms with van der Waals surface area (Å²) in [6.07, 6.45) is -0.132. The summed E-state index contributed by atoms with van der Waals surface area (Å²) >= 11 is 1.34. The topological polar surface area (TPSA) is 69.9 Å². The molecular formula is C24H24N4O2S. The van der Waals surface area contributed by atoms with Crippen LogP contribution in [0.3, 0.4) is 0 Å². The van der Waals surface area contributed by atoms with Gasteiger partial charge < -0.3 is 9.30 Å². The van der Waals surface area contributed by atoms with Crippen molar-refractivity contribution in [2.45, 2.75) is 38.6 Å². The Morgan fingerprint density at radius 3 is 2.55 bits per heavy atom. The third-order valence-electron chi connectivity index (χ3n) is 4.75. The maximum absolute atomic E-state index is 12.0. The van der Waals surface area contributed by atoms with Gasteiger partial charge in [0.1, 0.15) is 0 Å². The summed E-state index contributed by atoms with van der Waals surface area (Å²) in [4.78, 5) is 16.8. The van der Waals surface area contributed by atoms with Crippen LogP contribution in [0.1, 0.15) is 20.8 Å². The first-order chi connectivity index (χ1) is 15.1. The minimum Gasteiger partial charge on any atom is -0.462 e. The van der Waals surface area contributed by atoms with Crippen molar-refractivity contribution in [3.05, 3.63) is 60.7 Å². The molecule has 0 N–H and O–H groups in total. The van der Waals surface area contributed by atoms with E-state index in [9.17, 15) is 4.79 Å². The van der Waals surface area contributed by atoms with E-state index in [1.807, 2.05) is 79.9 Å². The number of nitrogens with zero attached hydrogens (tertiary/aromatic N) is 4. The number of esters is 1. The van der Waals surface area contributed by atoms with Crippen molar-refractivity contribution in [2.75, 3.05) is 5.75 Å². The highest BCUT2D eigenvalue weighted by atomic mass is 32.2. The van der Waals surface area contributed by atoms with Crippen molar-refractivity contribution in [3.8, 4) is 22.6 Å². The SMILES string of the molecule is CCn1c(SCC(=O)OC(C)C)nnc1-c1cc(-c2ccccc2)nc2ccccc12. The first-order valence-corrected chi connectivity index (χ1v) is 11.3. The summed E-state index contributed by atoms with van der Waals surface area (Å²) in [6.45, 7) is 6.41. The number of fused-ring (bicyclic) bond motifs is 1. The average Bonchev–Trinajstić information content (AvgIpc) is 3.20. The van der Waals surface area contributed by atoms with Gasteiger partial charge in [0.05, 0.1) is 23.1 Å². The third kappa shape index (κ3) is 4.61. The van der Waals surface area contributed by atoms with Crippen LogP contribution >= 0.6 is 11.8 Å². The molecule has 0 aliphatic carbocycles. The van der Waals surface area contributed by atoms with E-state index in [1.165, 1.54) is 11.8 Å². The van der Waals surface area contributed by atoms with Gasteiger partial charge in [-0.3, -0.25) is 4.79 Å². The van der Waals surface area contributed by atoms with Crippen LogP contribution in [0.25, 0.3) is 33.5 Å². The Labute approximate surface area is 185 Å². The van der Waals surface area contributed by atoms with E-state index >= 15 is 0 Å². The van der Waals surface area contributed by atoms with Crippen LogP contribution in [0, 0.1) is 0 Å². The van der Waals surface area contributed by atoms with Crippen molar-refractivity contribution < 1.29 is 9.53 Å². The lowest BCUT2D eigenvalue weighted by Gasteiger charge is -2.12. The zero-order valence-corrected chi connectivity index (χ0v) is 18.6. The molecule has 31 heavy (non-hydrogen) atoms. The van der Waals surface area contributed by atoms with Gasteiger partial charge in [0.2, 0.25) is 0 Å². The van der Waals surface area contributed by atoms with E-state index in [0.29, 0.717) is 11.7 Å². The number of ether oxygens (including phenoxy) is 1. The number of carbonyl (C=O) groups is 1. The number of para-hydroxylation sites is 1. The smallest absolute Gasteiger partial charge is 0.316 e. The minimum atomic E-state index is -0.257. The first-order valence-electron chi connectivity index (χ1n) is 10.3. The van der Waals surface area contributed by atoms with Crippen LogP contribution in [0.15, 0.2) is 65.8 Å². The second-order valence-electron chi connectivity index (χ2n) is 7.32. The molecule has 4 rings (SSSR count). The van der Waals surface area contributed by atoms with Crippen LogP contribution in [0.2, 0.25) is 0 Å². The van der Waals surface area contributed by atoms with Gasteiger partial charge in [-0.2, -0.15) is 0 Å². The molecule has 0 saturated carbocycles. The molecule has 4 aromatic rings. The van der Waals surface area contributed by atoms with Crippen molar-refractivity contribution >= 4 is 28.6 Å². The number of pyridine rings is 1. The van der Waals surface area contributed by atoms with Crippen molar-refractivity contribution in [1.29, 1.82) is 0 Å². The predicted octanol–water partition coefficient (Wildman–Crippen LogP) is 5.22. The second-order valence-corrected chi connectivity index (χ2v) is 8.26. The lowest BCUT2D eigenvalue weighted by atomic mass is 10.0. The molecule has 6 nitrogen and oxygen atoms in total. The number of rotatable bonds is 7. The number of benzene rings is 2. The Morgan fingerprint density at radius 2 is 1.81 bits per heavy atom. The third-order valence-corrected chi connectivity index (χ3v) is 5.69. The van der Waals surface area contributed by atoms with Gasteiger partial charge >= 0.3 is 5.97 Å². The molecule has 0 spiro atoms. The van der Waals surface area contributed by atoms with Crippen LogP contribution in [0.5, 0.6) is 0 Å². The lowest BCUT2D eigenvalue weighted by Crippen LogP contribution is -2.13. The Balaban J connectivity index is 1.76. The van der Waals surface area contributed by atoms with E-state index in [-0.39, 0.29) is 17.8 Å². The van der Waals surface area contributed by atoms with Crippen LogP contribution in [-0.4, -0.2) is 37.6 Å². The molecule has 0 atom stereocenters. The summed E-state index contributed by atoms with van der Waals surface area (Å²) in [7, 11) is 0. The molecule has 0 aliphatic rings. The number of aromatic nitrogens is 4. The Bertz CT molecular complexity index is 1200. The van der Waals surface area contributed by atoms with Gasteiger partial charge in [-0.25, -0.2) is 4.98 Å². The fourth-order valence-corrected chi connectivity index (χ4v) is 4.20. The summed E-state index contributed by atoms with van der Waals surface area (Å²) in [6, 6.07) is 20.2. The number of thioether (sulfide) groups is 1. The van der Waals surface area contributed by atoms with Crippen LogP contribution < -0.4 is 0 Å². The van der Waals surface area contributed by atoms with Crippen molar-refractivity contribution in [2.24, 2.45) is 0 Å². The zero-order valence-electron chi connectivity index (χ0n) is 17.8. The van der Waals surface area contributed by atoms with Gasteiger partial charge in [0, 0.05) is 23.1 Å². The Morgan fingerprint density at radius 1 is 1.06 bits per heavy atom. The highest BCUT2D eigenvalue weighted by molar-refractivity contribution is 7.99. The molecule has 0 radical (unpaired) electrons. The molecular weight excluding hydrogens is 408 g/mol. The Kier molecular flexibility index (Phi) is 6.32. The molecule has 0 unspecified atom stereocenters. The predicted molar refractivity (Wildman–Crippen MR) is 124 cm³/mol. The van der Waals surface area contributed by atoms with Crippen molar-refractivity contribution in [1.82, 2.24) is 19.7 Å². The monoisotopic (exact) mass is 432 g/mol. The van der Waals surface area contributed by atoms with Crippen molar-refractivity contribution in [3.63, 3.8) is 0 Å². The molecule has 2 heterocycles. The molecule has 0 saturated heterocycles. The van der Waals surface area contributed by atoms with Gasteiger partial charge in [-0.1, -0.05) is 60.3 Å². The highest BCUT2D eigenvalue weighted by Crippen LogP contribution is 2.32. The number of hydrogen-bond acceptors (Lipinski definition) is 6. The maximum Gasteiger partial charge on any atom is 0.316 e. The number of hydrogen-bond donors (Lipinski definition) is 0. The number of carbonyl (C=O) groups excluding carboxylic acids is 1. The summed E-state index contributed by atoms with van der Waals surface area (Å²) < 4.78 is 7.27. The lowest BCUT2D eigenvalue weighted by molar-refractivity contribution is -0.144. The van der Waals surface area contributed by atoms with Gasteiger partial charge in [-0.15, -0.1) is 10.2 Å². The summed E-state index contributed by atoms with van der Waals surface area (Å²) in [5.74, 6) is 0.703. The highest BCUT2D eigenvalue weighted by Gasteiger charge is 2.18. The molecule has 0 bridgehead atoms. The van der Waals surface area contributed by atoms with E-state index in [1.54, 1.807) is 0 Å². The molecule has 7 heteroatoms. The first kappa shape index (κ1) is 21.1. The molecule has 0 fully saturated rings. The minimum absolute atomic E-state index is 0.132. The zero-order chi connectivity index (χ0) is 21.8. The van der Waals surface area contributed by atoms with Gasteiger partial charge in [-0.05, 0) is 32.9 Å². The van der Waals surface area contributed by atoms with Crippen LogP contribution in [0.4, 0.5) is 0 Å². The van der Waals surface area contributed by atoms with E-state index < -0.39 is 0 Å². The van der Waals surface area contributed by atoms with E-state index in [4.69, 9.17) is 9.72 Å². The molecule has 2 aromatic heterocycles. The molecule has 0 amide bonds. The molecule has 2 aromatic carbocycles. The normalized spacial score (nSPS) is 11.2. The fraction of sp³-hybridized carbons (Fsp3) is 0.250. The maximum atomic E-state index is 12.0. The van der Waals surface area contributed by atoms with Gasteiger partial charge in [0.15, 0.2) is 11.0 Å². The van der Waals surface area contributed by atoms with Crippen LogP contribution in [-0.2, 0) is 16.1 Å².